The maximum Gasteiger partial charge on any atom is 0.295 e. The lowest BCUT2D eigenvalue weighted by atomic mass is 10.1. The van der Waals surface area contributed by atoms with Gasteiger partial charge in [-0.2, -0.15) is 0 Å². The summed E-state index contributed by atoms with van der Waals surface area (Å²) in [6.45, 7) is 4.29. The number of aryl methyl sites for hydroxylation is 1. The summed E-state index contributed by atoms with van der Waals surface area (Å²) in [4.78, 5) is 35.7. The SMILES string of the molecule is Cc1cc(N2CCN(C(=O)c3cc4ccccc4[nH]3)CC2)c2cccc([N+](=O)[O-])c2n1. The van der Waals surface area contributed by atoms with Crippen LogP contribution < -0.4 is 4.90 Å². The van der Waals surface area contributed by atoms with Gasteiger partial charge in [0, 0.05) is 59.9 Å². The topological polar surface area (TPSA) is 95.4 Å². The number of aromatic amines is 1. The summed E-state index contributed by atoms with van der Waals surface area (Å²) in [5.74, 6) is -0.0118. The molecule has 0 atom stereocenters. The Morgan fingerprint density at radius 1 is 1.06 bits per heavy atom. The van der Waals surface area contributed by atoms with Crippen LogP contribution in [0.5, 0.6) is 0 Å². The van der Waals surface area contributed by atoms with E-state index in [1.54, 1.807) is 6.07 Å². The van der Waals surface area contributed by atoms with E-state index in [0.717, 1.165) is 27.7 Å². The second kappa shape index (κ2) is 7.39. The van der Waals surface area contributed by atoms with Crippen molar-refractivity contribution in [2.75, 3.05) is 31.1 Å². The maximum atomic E-state index is 13.0. The van der Waals surface area contributed by atoms with Crippen LogP contribution >= 0.6 is 0 Å². The molecule has 0 aliphatic carbocycles. The molecule has 0 spiro atoms. The predicted octanol–water partition coefficient (Wildman–Crippen LogP) is 3.90. The molecule has 31 heavy (non-hydrogen) atoms. The highest BCUT2D eigenvalue weighted by molar-refractivity contribution is 5.99. The van der Waals surface area contributed by atoms with Crippen LogP contribution in [0.25, 0.3) is 21.8 Å². The van der Waals surface area contributed by atoms with E-state index in [0.29, 0.717) is 37.4 Å². The summed E-state index contributed by atoms with van der Waals surface area (Å²) in [6, 6.07) is 16.7. The molecule has 2 aromatic carbocycles. The number of nitro benzene ring substituents is 1. The third kappa shape index (κ3) is 3.35. The molecular formula is C23H21N5O3. The normalized spacial score (nSPS) is 14.4. The lowest BCUT2D eigenvalue weighted by Crippen LogP contribution is -2.49. The monoisotopic (exact) mass is 415 g/mol. The van der Waals surface area contributed by atoms with Gasteiger partial charge in [-0.05, 0) is 25.1 Å². The number of benzene rings is 2. The van der Waals surface area contributed by atoms with E-state index >= 15 is 0 Å². The fourth-order valence-corrected chi connectivity index (χ4v) is 4.26. The molecule has 1 fully saturated rings. The van der Waals surface area contributed by atoms with Gasteiger partial charge < -0.3 is 14.8 Å². The van der Waals surface area contributed by atoms with Crippen molar-refractivity contribution in [3.8, 4) is 0 Å². The van der Waals surface area contributed by atoms with Crippen molar-refractivity contribution in [2.45, 2.75) is 6.92 Å². The quantitative estimate of drug-likeness (QED) is 0.404. The van der Waals surface area contributed by atoms with Gasteiger partial charge in [0.25, 0.3) is 11.6 Å². The van der Waals surface area contributed by atoms with Crippen molar-refractivity contribution in [1.82, 2.24) is 14.9 Å². The van der Waals surface area contributed by atoms with Crippen molar-refractivity contribution in [2.24, 2.45) is 0 Å². The first kappa shape index (κ1) is 19.0. The van der Waals surface area contributed by atoms with Crippen LogP contribution in [0.1, 0.15) is 16.2 Å². The molecule has 1 aliphatic heterocycles. The smallest absolute Gasteiger partial charge is 0.295 e. The lowest BCUT2D eigenvalue weighted by molar-refractivity contribution is -0.383. The van der Waals surface area contributed by atoms with E-state index < -0.39 is 4.92 Å². The molecule has 5 rings (SSSR count). The Labute approximate surface area is 178 Å². The van der Waals surface area contributed by atoms with Gasteiger partial charge in [-0.25, -0.2) is 4.98 Å². The van der Waals surface area contributed by atoms with Gasteiger partial charge in [0.15, 0.2) is 5.52 Å². The number of rotatable bonds is 3. The number of amides is 1. The van der Waals surface area contributed by atoms with Crippen LogP contribution in [0.4, 0.5) is 11.4 Å². The zero-order valence-corrected chi connectivity index (χ0v) is 17.0. The lowest BCUT2D eigenvalue weighted by Gasteiger charge is -2.36. The van der Waals surface area contributed by atoms with Crippen molar-refractivity contribution >= 4 is 39.1 Å². The number of nitro groups is 1. The molecule has 1 amide bonds. The van der Waals surface area contributed by atoms with Crippen molar-refractivity contribution in [3.05, 3.63) is 76.1 Å². The average molecular weight is 415 g/mol. The molecule has 1 saturated heterocycles. The Balaban J connectivity index is 1.39. The molecule has 156 valence electrons. The number of non-ortho nitro benzene ring substituents is 1. The number of carbonyl (C=O) groups is 1. The summed E-state index contributed by atoms with van der Waals surface area (Å²) in [7, 11) is 0. The highest BCUT2D eigenvalue weighted by Gasteiger charge is 2.25. The standard InChI is InChI=1S/C23H21N5O3/c1-15-13-21(17-6-4-8-20(28(30)31)22(17)24-15)26-9-11-27(12-10-26)23(29)19-14-16-5-2-3-7-18(16)25-19/h2-8,13-14,25H,9-12H2,1H3. The Morgan fingerprint density at radius 3 is 2.58 bits per heavy atom. The third-order valence-electron chi connectivity index (χ3n) is 5.79. The number of aromatic nitrogens is 2. The van der Waals surface area contributed by atoms with E-state index in [2.05, 4.69) is 14.9 Å². The second-order valence-electron chi connectivity index (χ2n) is 7.76. The summed E-state index contributed by atoms with van der Waals surface area (Å²) in [6.07, 6.45) is 0. The van der Waals surface area contributed by atoms with Crippen LogP contribution in [-0.2, 0) is 0 Å². The zero-order valence-electron chi connectivity index (χ0n) is 17.0. The number of fused-ring (bicyclic) bond motifs is 2. The first-order valence-electron chi connectivity index (χ1n) is 10.2. The first-order valence-corrected chi connectivity index (χ1v) is 10.2. The van der Waals surface area contributed by atoms with Crippen molar-refractivity contribution in [1.29, 1.82) is 0 Å². The highest BCUT2D eigenvalue weighted by atomic mass is 16.6. The highest BCUT2D eigenvalue weighted by Crippen LogP contribution is 2.32. The summed E-state index contributed by atoms with van der Waals surface area (Å²) >= 11 is 0. The summed E-state index contributed by atoms with van der Waals surface area (Å²) in [5.41, 5.74) is 3.60. The van der Waals surface area contributed by atoms with Crippen molar-refractivity contribution in [3.63, 3.8) is 0 Å². The molecule has 0 radical (unpaired) electrons. The van der Waals surface area contributed by atoms with E-state index in [1.165, 1.54) is 6.07 Å². The van der Waals surface area contributed by atoms with Gasteiger partial charge in [0.2, 0.25) is 0 Å². The number of anilines is 1. The largest absolute Gasteiger partial charge is 0.367 e. The number of pyridine rings is 1. The van der Waals surface area contributed by atoms with E-state index in [9.17, 15) is 14.9 Å². The molecule has 8 heteroatoms. The Kier molecular flexibility index (Phi) is 4.54. The van der Waals surface area contributed by atoms with Gasteiger partial charge in [-0.1, -0.05) is 30.3 Å². The van der Waals surface area contributed by atoms with Crippen molar-refractivity contribution < 1.29 is 9.72 Å². The second-order valence-corrected chi connectivity index (χ2v) is 7.76. The molecule has 8 nitrogen and oxygen atoms in total. The minimum atomic E-state index is -0.393. The van der Waals surface area contributed by atoms with Crippen LogP contribution in [0.15, 0.2) is 54.6 Å². The Morgan fingerprint density at radius 2 is 1.84 bits per heavy atom. The van der Waals surface area contributed by atoms with Gasteiger partial charge in [0.1, 0.15) is 5.69 Å². The number of nitrogens with one attached hydrogen (secondary N) is 1. The fraction of sp³-hybridized carbons (Fsp3) is 0.217. The fourth-order valence-electron chi connectivity index (χ4n) is 4.26. The molecule has 4 aromatic rings. The average Bonchev–Trinajstić information content (AvgIpc) is 3.22. The van der Waals surface area contributed by atoms with Gasteiger partial charge in [0.05, 0.1) is 4.92 Å². The molecule has 0 unspecified atom stereocenters. The molecule has 0 saturated carbocycles. The van der Waals surface area contributed by atoms with Gasteiger partial charge in [-0.15, -0.1) is 0 Å². The van der Waals surface area contributed by atoms with Gasteiger partial charge >= 0.3 is 0 Å². The molecular weight excluding hydrogens is 394 g/mol. The van der Waals surface area contributed by atoms with E-state index in [-0.39, 0.29) is 11.6 Å². The molecule has 0 bridgehead atoms. The molecule has 3 heterocycles. The number of hydrogen-bond donors (Lipinski definition) is 1. The van der Waals surface area contributed by atoms with E-state index in [4.69, 9.17) is 0 Å². The molecule has 1 aliphatic rings. The Bertz CT molecular complexity index is 1290. The van der Waals surface area contributed by atoms with E-state index in [1.807, 2.05) is 54.3 Å². The first-order chi connectivity index (χ1) is 15.0. The van der Waals surface area contributed by atoms with Crippen LogP contribution in [0.2, 0.25) is 0 Å². The van der Waals surface area contributed by atoms with Crippen LogP contribution in [-0.4, -0.2) is 51.9 Å². The number of carbonyl (C=O) groups excluding carboxylic acids is 1. The molecule has 1 N–H and O–H groups in total. The summed E-state index contributed by atoms with van der Waals surface area (Å²) in [5, 5.41) is 13.2. The Hall–Kier alpha value is -3.94. The number of hydrogen-bond acceptors (Lipinski definition) is 5. The number of piperazine rings is 1. The third-order valence-corrected chi connectivity index (χ3v) is 5.79. The number of nitrogens with zero attached hydrogens (tertiary/aromatic N) is 4. The van der Waals surface area contributed by atoms with Gasteiger partial charge in [-0.3, -0.25) is 14.9 Å². The van der Waals surface area contributed by atoms with Crippen LogP contribution in [0.3, 0.4) is 0 Å². The predicted molar refractivity (Wildman–Crippen MR) is 120 cm³/mol. The number of H-pyrrole nitrogens is 1. The maximum absolute atomic E-state index is 13.0. The van der Waals surface area contributed by atoms with Crippen LogP contribution in [0, 0.1) is 17.0 Å². The number of para-hydroxylation sites is 2. The minimum absolute atomic E-state index is 0.00933. The summed E-state index contributed by atoms with van der Waals surface area (Å²) < 4.78 is 0. The minimum Gasteiger partial charge on any atom is -0.367 e. The molecule has 2 aromatic heterocycles. The zero-order chi connectivity index (χ0) is 21.5.